The van der Waals surface area contributed by atoms with Gasteiger partial charge in [-0.05, 0) is 53.2 Å². The third-order valence-corrected chi connectivity index (χ3v) is 4.59. The van der Waals surface area contributed by atoms with Crippen LogP contribution in [0.4, 0.5) is 5.69 Å². The Kier molecular flexibility index (Phi) is 6.82. The van der Waals surface area contributed by atoms with Gasteiger partial charge < -0.3 is 10.4 Å². The van der Waals surface area contributed by atoms with Crippen LogP contribution in [0.25, 0.3) is 0 Å². The second-order valence-corrected chi connectivity index (χ2v) is 7.62. The SMILES string of the molecule is C[C@@H](Nc1cccc(Br)c1)C(=O)N/N=C\c1cc(Br)cc(Br)c1O. The zero-order valence-electron chi connectivity index (χ0n) is 12.6. The van der Waals surface area contributed by atoms with Gasteiger partial charge in [0.05, 0.1) is 10.7 Å². The summed E-state index contributed by atoms with van der Waals surface area (Å²) >= 11 is 9.95. The summed E-state index contributed by atoms with van der Waals surface area (Å²) in [6, 6.07) is 10.5. The maximum absolute atomic E-state index is 12.1. The van der Waals surface area contributed by atoms with Crippen molar-refractivity contribution in [2.75, 3.05) is 5.32 Å². The minimum atomic E-state index is -0.473. The molecule has 0 aliphatic rings. The molecule has 126 valence electrons. The molecule has 1 atom stereocenters. The molecule has 0 spiro atoms. The molecule has 0 radical (unpaired) electrons. The number of anilines is 1. The maximum atomic E-state index is 12.1. The van der Waals surface area contributed by atoms with Crippen molar-refractivity contribution in [2.45, 2.75) is 13.0 Å². The van der Waals surface area contributed by atoms with E-state index in [9.17, 15) is 9.90 Å². The van der Waals surface area contributed by atoms with Gasteiger partial charge in [0.25, 0.3) is 5.91 Å². The van der Waals surface area contributed by atoms with Crippen molar-refractivity contribution < 1.29 is 9.90 Å². The van der Waals surface area contributed by atoms with Gasteiger partial charge in [-0.3, -0.25) is 4.79 Å². The van der Waals surface area contributed by atoms with Crippen molar-refractivity contribution in [1.82, 2.24) is 5.43 Å². The topological polar surface area (TPSA) is 73.7 Å². The second kappa shape index (κ2) is 8.64. The molecular formula is C16H14Br3N3O2. The Balaban J connectivity index is 1.97. The lowest BCUT2D eigenvalue weighted by atomic mass is 10.2. The lowest BCUT2D eigenvalue weighted by molar-refractivity contribution is -0.121. The second-order valence-electron chi connectivity index (χ2n) is 4.94. The summed E-state index contributed by atoms with van der Waals surface area (Å²) in [5.41, 5.74) is 3.75. The zero-order chi connectivity index (χ0) is 17.7. The normalized spacial score (nSPS) is 12.2. The zero-order valence-corrected chi connectivity index (χ0v) is 17.3. The fourth-order valence-electron chi connectivity index (χ4n) is 1.84. The Morgan fingerprint density at radius 2 is 1.96 bits per heavy atom. The van der Waals surface area contributed by atoms with E-state index in [2.05, 4.69) is 63.6 Å². The summed E-state index contributed by atoms with van der Waals surface area (Å²) in [6.07, 6.45) is 1.38. The van der Waals surface area contributed by atoms with E-state index in [1.807, 2.05) is 24.3 Å². The summed E-state index contributed by atoms with van der Waals surface area (Å²) < 4.78 is 2.24. The smallest absolute Gasteiger partial charge is 0.262 e. The van der Waals surface area contributed by atoms with Crippen molar-refractivity contribution in [2.24, 2.45) is 5.10 Å². The van der Waals surface area contributed by atoms with E-state index >= 15 is 0 Å². The Bertz CT molecular complexity index is 781. The first-order chi connectivity index (χ1) is 11.4. The average Bonchev–Trinajstić information content (AvgIpc) is 2.51. The van der Waals surface area contributed by atoms with E-state index in [1.54, 1.807) is 19.1 Å². The molecule has 3 N–H and O–H groups in total. The van der Waals surface area contributed by atoms with Gasteiger partial charge in [-0.15, -0.1) is 0 Å². The molecular weight excluding hydrogens is 506 g/mol. The largest absolute Gasteiger partial charge is 0.506 e. The number of phenolic OH excluding ortho intramolecular Hbond substituents is 1. The quantitative estimate of drug-likeness (QED) is 0.398. The van der Waals surface area contributed by atoms with Gasteiger partial charge in [0.1, 0.15) is 11.8 Å². The molecule has 0 saturated carbocycles. The molecule has 0 aliphatic heterocycles. The molecule has 8 heteroatoms. The van der Waals surface area contributed by atoms with E-state index in [1.165, 1.54) is 6.21 Å². The highest BCUT2D eigenvalue weighted by Crippen LogP contribution is 2.30. The summed E-state index contributed by atoms with van der Waals surface area (Å²) in [5, 5.41) is 16.9. The van der Waals surface area contributed by atoms with Crippen LogP contribution in [-0.4, -0.2) is 23.3 Å². The minimum absolute atomic E-state index is 0.0523. The fourth-order valence-corrected chi connectivity index (χ4v) is 3.50. The van der Waals surface area contributed by atoms with Crippen LogP contribution in [0.5, 0.6) is 5.75 Å². The van der Waals surface area contributed by atoms with Crippen LogP contribution in [-0.2, 0) is 4.79 Å². The number of carbonyl (C=O) groups excluding carboxylic acids is 1. The number of nitrogens with zero attached hydrogens (tertiary/aromatic N) is 1. The van der Waals surface area contributed by atoms with Crippen LogP contribution < -0.4 is 10.7 Å². The van der Waals surface area contributed by atoms with Crippen molar-refractivity contribution in [3.05, 3.63) is 55.4 Å². The maximum Gasteiger partial charge on any atom is 0.262 e. The van der Waals surface area contributed by atoms with Gasteiger partial charge >= 0.3 is 0 Å². The summed E-state index contributed by atoms with van der Waals surface area (Å²) in [6.45, 7) is 1.74. The van der Waals surface area contributed by atoms with Gasteiger partial charge in [0.15, 0.2) is 0 Å². The summed E-state index contributed by atoms with van der Waals surface area (Å²) in [4.78, 5) is 12.1. The van der Waals surface area contributed by atoms with Crippen molar-refractivity contribution in [3.8, 4) is 5.75 Å². The molecule has 2 rings (SSSR count). The molecule has 0 aromatic heterocycles. The van der Waals surface area contributed by atoms with Crippen LogP contribution in [0.2, 0.25) is 0 Å². The molecule has 5 nitrogen and oxygen atoms in total. The Hall–Kier alpha value is -1.38. The number of rotatable bonds is 5. The number of hydrogen-bond donors (Lipinski definition) is 3. The molecule has 0 unspecified atom stereocenters. The number of hydrogen-bond acceptors (Lipinski definition) is 4. The minimum Gasteiger partial charge on any atom is -0.506 e. The van der Waals surface area contributed by atoms with Gasteiger partial charge in [0.2, 0.25) is 0 Å². The van der Waals surface area contributed by atoms with Crippen molar-refractivity contribution in [1.29, 1.82) is 0 Å². The van der Waals surface area contributed by atoms with Crippen molar-refractivity contribution in [3.63, 3.8) is 0 Å². The number of aromatic hydroxyl groups is 1. The number of amides is 1. The molecule has 2 aromatic rings. The van der Waals surface area contributed by atoms with Crippen LogP contribution in [0.15, 0.2) is 54.9 Å². The molecule has 0 saturated heterocycles. The number of nitrogens with one attached hydrogen (secondary N) is 2. The average molecular weight is 520 g/mol. The fraction of sp³-hybridized carbons (Fsp3) is 0.125. The van der Waals surface area contributed by atoms with E-state index in [0.29, 0.717) is 10.0 Å². The van der Waals surface area contributed by atoms with E-state index in [0.717, 1.165) is 14.6 Å². The highest BCUT2D eigenvalue weighted by molar-refractivity contribution is 9.11. The number of hydrazone groups is 1. The predicted octanol–water partition coefficient (Wildman–Crippen LogP) is 4.63. The molecule has 0 heterocycles. The van der Waals surface area contributed by atoms with E-state index < -0.39 is 6.04 Å². The molecule has 0 fully saturated rings. The van der Waals surface area contributed by atoms with Crippen molar-refractivity contribution >= 4 is 65.6 Å². The lowest BCUT2D eigenvalue weighted by Crippen LogP contribution is -2.34. The molecule has 0 bridgehead atoms. The Morgan fingerprint density at radius 1 is 1.21 bits per heavy atom. The Labute approximate surface area is 164 Å². The summed E-state index contributed by atoms with van der Waals surface area (Å²) in [7, 11) is 0. The Morgan fingerprint density at radius 3 is 2.67 bits per heavy atom. The molecule has 2 aromatic carbocycles. The number of halogens is 3. The third-order valence-electron chi connectivity index (χ3n) is 3.04. The van der Waals surface area contributed by atoms with Gasteiger partial charge in [0, 0.05) is 20.2 Å². The highest BCUT2D eigenvalue weighted by atomic mass is 79.9. The van der Waals surface area contributed by atoms with E-state index in [-0.39, 0.29) is 11.7 Å². The van der Waals surface area contributed by atoms with Gasteiger partial charge in [-0.2, -0.15) is 5.10 Å². The summed E-state index contributed by atoms with van der Waals surface area (Å²) in [5.74, 6) is -0.240. The van der Waals surface area contributed by atoms with E-state index in [4.69, 9.17) is 0 Å². The molecule has 24 heavy (non-hydrogen) atoms. The third kappa shape index (κ3) is 5.32. The molecule has 0 aliphatic carbocycles. The van der Waals surface area contributed by atoms with Gasteiger partial charge in [-0.1, -0.05) is 37.9 Å². The standard InChI is InChI=1S/C16H14Br3N3O2/c1-9(21-13-4-2-3-11(17)6-13)16(24)22-20-8-10-5-12(18)7-14(19)15(10)23/h2-9,21,23H,1H3,(H,22,24)/b20-8-/t9-/m1/s1. The lowest BCUT2D eigenvalue weighted by Gasteiger charge is -2.13. The predicted molar refractivity (Wildman–Crippen MR) is 106 cm³/mol. The first-order valence-electron chi connectivity index (χ1n) is 6.90. The van der Waals surface area contributed by atoms with Crippen LogP contribution >= 0.6 is 47.8 Å². The van der Waals surface area contributed by atoms with Crippen LogP contribution in [0.1, 0.15) is 12.5 Å². The first-order valence-corrected chi connectivity index (χ1v) is 9.27. The monoisotopic (exact) mass is 517 g/mol. The number of phenols is 1. The number of benzene rings is 2. The number of carbonyl (C=O) groups is 1. The first kappa shape index (κ1) is 19.0. The molecule has 1 amide bonds. The van der Waals surface area contributed by atoms with Crippen LogP contribution in [0, 0.1) is 0 Å². The van der Waals surface area contributed by atoms with Crippen LogP contribution in [0.3, 0.4) is 0 Å². The highest BCUT2D eigenvalue weighted by Gasteiger charge is 2.12. The van der Waals surface area contributed by atoms with Gasteiger partial charge in [-0.25, -0.2) is 5.43 Å².